The molecule has 0 aromatic carbocycles. The zero-order chi connectivity index (χ0) is 37.5. The summed E-state index contributed by atoms with van der Waals surface area (Å²) in [6.45, 7) is 9.83. The highest BCUT2D eigenvalue weighted by molar-refractivity contribution is 5.69. The van der Waals surface area contributed by atoms with E-state index in [2.05, 4.69) is 25.7 Å². The van der Waals surface area contributed by atoms with Gasteiger partial charge in [-0.05, 0) is 83.2 Å². The molecule has 1 N–H and O–H groups in total. The van der Waals surface area contributed by atoms with E-state index in [1.54, 1.807) is 0 Å². The van der Waals surface area contributed by atoms with Gasteiger partial charge in [0.1, 0.15) is 6.10 Å². The molecule has 6 nitrogen and oxygen atoms in total. The highest BCUT2D eigenvalue weighted by Gasteiger charge is 2.15. The van der Waals surface area contributed by atoms with Crippen LogP contribution in [0.15, 0.2) is 0 Å². The minimum absolute atomic E-state index is 0.0327. The topological polar surface area (TPSA) is 76.1 Å². The van der Waals surface area contributed by atoms with Gasteiger partial charge in [-0.3, -0.25) is 14.0 Å². The minimum Gasteiger partial charge on any atom is -0.466 e. The molecule has 1 atom stereocenters. The number of aliphatic hydroxyl groups excluding tert-OH is 1. The Labute approximate surface area is 316 Å². The molecular formula is C44H86FNO5. The van der Waals surface area contributed by atoms with Gasteiger partial charge in [0.25, 0.3) is 0 Å². The Morgan fingerprint density at radius 3 is 1.51 bits per heavy atom. The summed E-state index contributed by atoms with van der Waals surface area (Å²) in [4.78, 5) is 27.1. The van der Waals surface area contributed by atoms with Crippen molar-refractivity contribution in [1.29, 1.82) is 0 Å². The van der Waals surface area contributed by atoms with E-state index in [0.29, 0.717) is 32.4 Å². The van der Waals surface area contributed by atoms with Crippen molar-refractivity contribution in [3.8, 4) is 0 Å². The van der Waals surface area contributed by atoms with Crippen LogP contribution in [0, 0.1) is 5.92 Å². The van der Waals surface area contributed by atoms with Crippen LogP contribution in [0.4, 0.5) is 4.39 Å². The van der Waals surface area contributed by atoms with E-state index in [4.69, 9.17) is 9.47 Å². The lowest BCUT2D eigenvalue weighted by molar-refractivity contribution is -0.150. The second-order valence-electron chi connectivity index (χ2n) is 15.7. The van der Waals surface area contributed by atoms with Crippen molar-refractivity contribution in [2.24, 2.45) is 5.92 Å². The van der Waals surface area contributed by atoms with Crippen LogP contribution in [0.5, 0.6) is 0 Å². The zero-order valence-corrected chi connectivity index (χ0v) is 34.2. The molecule has 0 saturated carbocycles. The first-order valence-corrected chi connectivity index (χ1v) is 22.2. The maximum atomic E-state index is 12.7. The van der Waals surface area contributed by atoms with Gasteiger partial charge in [0.2, 0.25) is 0 Å². The van der Waals surface area contributed by atoms with Crippen molar-refractivity contribution >= 4 is 11.9 Å². The molecule has 0 aliphatic carbocycles. The SMILES string of the molecule is CCCCCCCCC(CCCCCCCCF)OC(=O)CCCCCN(CCO)CCCCCC(=O)OCCCCCCCCCCC(C)C. The quantitative estimate of drug-likeness (QED) is 0.0499. The molecular weight excluding hydrogens is 641 g/mol. The first-order chi connectivity index (χ1) is 24.9. The predicted octanol–water partition coefficient (Wildman–Crippen LogP) is 12.5. The van der Waals surface area contributed by atoms with Crippen molar-refractivity contribution in [2.45, 2.75) is 226 Å². The van der Waals surface area contributed by atoms with Gasteiger partial charge in [0.05, 0.1) is 19.9 Å². The number of rotatable bonds is 41. The third kappa shape index (κ3) is 38.3. The molecule has 304 valence electrons. The molecule has 0 aliphatic heterocycles. The van der Waals surface area contributed by atoms with E-state index in [1.807, 2.05) is 0 Å². The van der Waals surface area contributed by atoms with Crippen LogP contribution in [-0.4, -0.2) is 67.6 Å². The summed E-state index contributed by atoms with van der Waals surface area (Å²) in [6, 6.07) is 0. The van der Waals surface area contributed by atoms with Crippen molar-refractivity contribution < 1.29 is 28.6 Å². The van der Waals surface area contributed by atoms with Gasteiger partial charge in [-0.2, -0.15) is 0 Å². The largest absolute Gasteiger partial charge is 0.466 e. The molecule has 0 aliphatic rings. The molecule has 0 fully saturated rings. The van der Waals surface area contributed by atoms with Gasteiger partial charge in [-0.25, -0.2) is 0 Å². The number of carbonyl (C=O) groups excluding carboxylic acids is 2. The van der Waals surface area contributed by atoms with E-state index in [1.165, 1.54) is 77.0 Å². The Kier molecular flexibility index (Phi) is 39.0. The van der Waals surface area contributed by atoms with E-state index >= 15 is 0 Å². The molecule has 1 unspecified atom stereocenters. The van der Waals surface area contributed by atoms with Crippen LogP contribution in [0.25, 0.3) is 0 Å². The number of esters is 2. The molecule has 0 heterocycles. The molecule has 0 radical (unpaired) electrons. The van der Waals surface area contributed by atoms with Gasteiger partial charge in [-0.15, -0.1) is 0 Å². The Morgan fingerprint density at radius 2 is 1.00 bits per heavy atom. The number of nitrogens with zero attached hydrogens (tertiary/aromatic N) is 1. The predicted molar refractivity (Wildman–Crippen MR) is 214 cm³/mol. The minimum atomic E-state index is -0.211. The smallest absolute Gasteiger partial charge is 0.306 e. The van der Waals surface area contributed by atoms with Crippen LogP contribution < -0.4 is 0 Å². The third-order valence-corrected chi connectivity index (χ3v) is 10.2. The second kappa shape index (κ2) is 40.0. The van der Waals surface area contributed by atoms with Crippen LogP contribution in [0.2, 0.25) is 0 Å². The van der Waals surface area contributed by atoms with Gasteiger partial charge < -0.3 is 19.5 Å². The number of ether oxygens (including phenoxy) is 2. The average Bonchev–Trinajstić information content (AvgIpc) is 3.10. The average molecular weight is 728 g/mol. The maximum absolute atomic E-state index is 12.7. The van der Waals surface area contributed by atoms with E-state index in [-0.39, 0.29) is 31.3 Å². The zero-order valence-electron chi connectivity index (χ0n) is 34.2. The molecule has 0 aromatic heterocycles. The van der Waals surface area contributed by atoms with Crippen molar-refractivity contribution in [1.82, 2.24) is 4.90 Å². The van der Waals surface area contributed by atoms with Crippen molar-refractivity contribution in [3.05, 3.63) is 0 Å². The number of hydrogen-bond acceptors (Lipinski definition) is 6. The summed E-state index contributed by atoms with van der Waals surface area (Å²) in [6.07, 6.45) is 33.6. The van der Waals surface area contributed by atoms with E-state index in [9.17, 15) is 19.1 Å². The fraction of sp³-hybridized carbons (Fsp3) is 0.955. The first kappa shape index (κ1) is 49.8. The van der Waals surface area contributed by atoms with Crippen molar-refractivity contribution in [3.63, 3.8) is 0 Å². The number of halogens is 1. The number of aliphatic hydroxyl groups is 1. The lowest BCUT2D eigenvalue weighted by Gasteiger charge is -2.21. The molecule has 0 rings (SSSR count). The monoisotopic (exact) mass is 728 g/mol. The summed E-state index contributed by atoms with van der Waals surface area (Å²) in [5.74, 6) is 0.697. The molecule has 0 saturated heterocycles. The van der Waals surface area contributed by atoms with Crippen LogP contribution in [0.1, 0.15) is 220 Å². The summed E-state index contributed by atoms with van der Waals surface area (Å²) in [5, 5.41) is 9.55. The van der Waals surface area contributed by atoms with E-state index in [0.717, 1.165) is 122 Å². The Morgan fingerprint density at radius 1 is 0.549 bits per heavy atom. The fourth-order valence-electron chi connectivity index (χ4n) is 6.85. The second-order valence-corrected chi connectivity index (χ2v) is 15.7. The van der Waals surface area contributed by atoms with Crippen LogP contribution in [0.3, 0.4) is 0 Å². The van der Waals surface area contributed by atoms with Gasteiger partial charge in [-0.1, -0.05) is 143 Å². The summed E-state index contributed by atoms with van der Waals surface area (Å²) in [5.41, 5.74) is 0. The molecule has 0 aromatic rings. The number of alkyl halides is 1. The highest BCUT2D eigenvalue weighted by Crippen LogP contribution is 2.18. The first-order valence-electron chi connectivity index (χ1n) is 22.2. The van der Waals surface area contributed by atoms with Crippen LogP contribution in [-0.2, 0) is 19.1 Å². The Hall–Kier alpha value is -1.21. The molecule has 0 amide bonds. The number of hydrogen-bond donors (Lipinski definition) is 1. The lowest BCUT2D eigenvalue weighted by Crippen LogP contribution is -2.29. The molecule has 0 spiro atoms. The molecule has 51 heavy (non-hydrogen) atoms. The normalized spacial score (nSPS) is 12.2. The lowest BCUT2D eigenvalue weighted by atomic mass is 10.0. The standard InChI is InChI=1S/C44H86FNO5/c1-4-5-6-7-15-22-31-42(32-23-16-11-12-17-26-35-45)51-44(49)34-25-20-28-37-46(38-39-47)36-27-19-24-33-43(48)50-40-29-18-13-9-8-10-14-21-30-41(2)3/h41-42,47H,4-40H2,1-3H3. The summed E-state index contributed by atoms with van der Waals surface area (Å²) >= 11 is 0. The number of unbranched alkanes of at least 4 members (excludes halogenated alkanes) is 21. The fourth-order valence-corrected chi connectivity index (χ4v) is 6.85. The van der Waals surface area contributed by atoms with Gasteiger partial charge in [0, 0.05) is 19.4 Å². The van der Waals surface area contributed by atoms with E-state index < -0.39 is 0 Å². The molecule has 0 bridgehead atoms. The highest BCUT2D eigenvalue weighted by atomic mass is 19.1. The summed E-state index contributed by atoms with van der Waals surface area (Å²) < 4.78 is 23.7. The number of carbonyl (C=O) groups is 2. The Bertz CT molecular complexity index is 736. The third-order valence-electron chi connectivity index (χ3n) is 10.2. The summed E-state index contributed by atoms with van der Waals surface area (Å²) in [7, 11) is 0. The van der Waals surface area contributed by atoms with Crippen LogP contribution >= 0.6 is 0 Å². The molecule has 7 heteroatoms. The maximum Gasteiger partial charge on any atom is 0.306 e. The van der Waals surface area contributed by atoms with Crippen molar-refractivity contribution in [2.75, 3.05) is 39.5 Å². The Balaban J connectivity index is 4.02. The van der Waals surface area contributed by atoms with Gasteiger partial charge >= 0.3 is 11.9 Å². The van der Waals surface area contributed by atoms with Gasteiger partial charge in [0.15, 0.2) is 0 Å².